The largest absolute Gasteiger partial charge is 0.497 e. The second-order valence-electron chi connectivity index (χ2n) is 7.67. The van der Waals surface area contributed by atoms with Crippen LogP contribution in [-0.4, -0.2) is 56.6 Å². The number of piperidine rings is 1. The standard InChI is InChI=1S/C21H31N3O4/c1-27-16-6-7-18(19(12-16)28-2)21(26)24-10-8-15(9-11-24)23-20(25)17-5-3-4-14(17)13-22/h6-7,12,14-15,17H,3-5,8-11,13,22H2,1-2H3,(H,23,25)/t14-,17-/m1/s1. The Labute approximate surface area is 166 Å². The number of hydrogen-bond donors (Lipinski definition) is 2. The van der Waals surface area contributed by atoms with Gasteiger partial charge in [0.25, 0.3) is 5.91 Å². The van der Waals surface area contributed by atoms with E-state index in [2.05, 4.69) is 5.32 Å². The first kappa shape index (κ1) is 20.5. The molecule has 154 valence electrons. The van der Waals surface area contributed by atoms with E-state index in [-0.39, 0.29) is 23.8 Å². The lowest BCUT2D eigenvalue weighted by Gasteiger charge is -2.33. The summed E-state index contributed by atoms with van der Waals surface area (Å²) in [7, 11) is 3.13. The molecule has 0 unspecified atom stereocenters. The van der Waals surface area contributed by atoms with Crippen molar-refractivity contribution in [1.82, 2.24) is 10.2 Å². The molecule has 0 aromatic heterocycles. The molecule has 1 aromatic carbocycles. The Bertz CT molecular complexity index is 701. The van der Waals surface area contributed by atoms with Gasteiger partial charge >= 0.3 is 0 Å². The molecule has 2 amide bonds. The molecular weight excluding hydrogens is 358 g/mol. The van der Waals surface area contributed by atoms with Gasteiger partial charge in [-0.2, -0.15) is 0 Å². The summed E-state index contributed by atoms with van der Waals surface area (Å²) in [5.74, 6) is 1.60. The lowest BCUT2D eigenvalue weighted by atomic mass is 9.94. The second-order valence-corrected chi connectivity index (χ2v) is 7.67. The Morgan fingerprint density at radius 1 is 1.14 bits per heavy atom. The van der Waals surface area contributed by atoms with Crippen LogP contribution in [0.5, 0.6) is 11.5 Å². The quantitative estimate of drug-likeness (QED) is 0.774. The number of nitrogens with two attached hydrogens (primary N) is 1. The number of nitrogens with zero attached hydrogens (tertiary/aromatic N) is 1. The molecule has 1 aliphatic carbocycles. The number of ether oxygens (including phenoxy) is 2. The first-order valence-corrected chi connectivity index (χ1v) is 10.1. The van der Waals surface area contributed by atoms with E-state index >= 15 is 0 Å². The van der Waals surface area contributed by atoms with E-state index in [1.165, 1.54) is 0 Å². The molecule has 1 heterocycles. The summed E-state index contributed by atoms with van der Waals surface area (Å²) in [6, 6.07) is 5.34. The van der Waals surface area contributed by atoms with Crippen molar-refractivity contribution in [2.45, 2.75) is 38.1 Å². The fourth-order valence-corrected chi connectivity index (χ4v) is 4.34. The minimum Gasteiger partial charge on any atom is -0.497 e. The molecule has 1 aliphatic heterocycles. The molecule has 0 radical (unpaired) electrons. The smallest absolute Gasteiger partial charge is 0.257 e. The summed E-state index contributed by atoms with van der Waals surface area (Å²) in [5, 5.41) is 3.19. The first-order valence-electron chi connectivity index (χ1n) is 10.1. The fraction of sp³-hybridized carbons (Fsp3) is 0.619. The Balaban J connectivity index is 1.55. The van der Waals surface area contributed by atoms with Crippen LogP contribution in [0.25, 0.3) is 0 Å². The van der Waals surface area contributed by atoms with E-state index in [0.29, 0.717) is 42.6 Å². The van der Waals surface area contributed by atoms with Gasteiger partial charge < -0.3 is 25.4 Å². The van der Waals surface area contributed by atoms with Crippen molar-refractivity contribution in [3.05, 3.63) is 23.8 Å². The summed E-state index contributed by atoms with van der Waals surface area (Å²) in [5.41, 5.74) is 6.33. The van der Waals surface area contributed by atoms with Crippen molar-refractivity contribution in [2.24, 2.45) is 17.6 Å². The highest BCUT2D eigenvalue weighted by atomic mass is 16.5. The first-order chi connectivity index (χ1) is 13.6. The number of nitrogens with one attached hydrogen (secondary N) is 1. The van der Waals surface area contributed by atoms with Crippen LogP contribution in [0.15, 0.2) is 18.2 Å². The molecule has 7 nitrogen and oxygen atoms in total. The summed E-state index contributed by atoms with van der Waals surface area (Å²) >= 11 is 0. The minimum atomic E-state index is -0.0525. The van der Waals surface area contributed by atoms with Crippen molar-refractivity contribution < 1.29 is 19.1 Å². The fourth-order valence-electron chi connectivity index (χ4n) is 4.34. The number of likely N-dealkylation sites (tertiary alicyclic amines) is 1. The van der Waals surface area contributed by atoms with Crippen LogP contribution < -0.4 is 20.5 Å². The number of carbonyl (C=O) groups is 2. The average Bonchev–Trinajstić information content (AvgIpc) is 3.22. The molecule has 28 heavy (non-hydrogen) atoms. The zero-order valence-electron chi connectivity index (χ0n) is 16.8. The highest BCUT2D eigenvalue weighted by Crippen LogP contribution is 2.31. The summed E-state index contributed by atoms with van der Waals surface area (Å²) < 4.78 is 10.5. The van der Waals surface area contributed by atoms with Gasteiger partial charge in [0.2, 0.25) is 5.91 Å². The number of amides is 2. The highest BCUT2D eigenvalue weighted by Gasteiger charge is 2.34. The number of hydrogen-bond acceptors (Lipinski definition) is 5. The normalized spacial score (nSPS) is 22.8. The van der Waals surface area contributed by atoms with E-state index in [0.717, 1.165) is 32.1 Å². The van der Waals surface area contributed by atoms with Gasteiger partial charge in [-0.05, 0) is 50.3 Å². The molecule has 0 bridgehead atoms. The molecular formula is C21H31N3O4. The maximum atomic E-state index is 12.9. The predicted octanol–water partition coefficient (Wildman–Crippen LogP) is 1.80. The number of benzene rings is 1. The van der Waals surface area contributed by atoms with E-state index in [1.54, 1.807) is 32.4 Å². The third-order valence-corrected chi connectivity index (χ3v) is 6.07. The average molecular weight is 389 g/mol. The predicted molar refractivity (Wildman–Crippen MR) is 106 cm³/mol. The third kappa shape index (κ3) is 4.41. The Hall–Kier alpha value is -2.28. The van der Waals surface area contributed by atoms with Crippen molar-refractivity contribution in [3.8, 4) is 11.5 Å². The van der Waals surface area contributed by atoms with Crippen molar-refractivity contribution in [1.29, 1.82) is 0 Å². The van der Waals surface area contributed by atoms with E-state index in [1.807, 2.05) is 4.90 Å². The highest BCUT2D eigenvalue weighted by molar-refractivity contribution is 5.97. The molecule has 1 aromatic rings. The molecule has 3 rings (SSSR count). The van der Waals surface area contributed by atoms with Crippen LogP contribution in [0, 0.1) is 11.8 Å². The minimum absolute atomic E-state index is 0.0493. The van der Waals surface area contributed by atoms with Crippen LogP contribution in [0.3, 0.4) is 0 Å². The van der Waals surface area contributed by atoms with Crippen LogP contribution in [-0.2, 0) is 4.79 Å². The maximum absolute atomic E-state index is 12.9. The Kier molecular flexibility index (Phi) is 6.78. The second kappa shape index (κ2) is 9.28. The third-order valence-electron chi connectivity index (χ3n) is 6.07. The van der Waals surface area contributed by atoms with Gasteiger partial charge in [0, 0.05) is 31.1 Å². The van der Waals surface area contributed by atoms with Gasteiger partial charge in [0.05, 0.1) is 19.8 Å². The molecule has 2 fully saturated rings. The SMILES string of the molecule is COc1ccc(C(=O)N2CCC(NC(=O)[C@@H]3CCC[C@@H]3CN)CC2)c(OC)c1. The van der Waals surface area contributed by atoms with Crippen LogP contribution in [0.1, 0.15) is 42.5 Å². The van der Waals surface area contributed by atoms with Gasteiger partial charge in [-0.1, -0.05) is 6.42 Å². The molecule has 1 saturated heterocycles. The summed E-state index contributed by atoms with van der Waals surface area (Å²) in [6.07, 6.45) is 4.58. The van der Waals surface area contributed by atoms with Crippen molar-refractivity contribution in [3.63, 3.8) is 0 Å². The van der Waals surface area contributed by atoms with E-state index in [4.69, 9.17) is 15.2 Å². The van der Waals surface area contributed by atoms with Gasteiger partial charge in [0.15, 0.2) is 0 Å². The molecule has 1 saturated carbocycles. The van der Waals surface area contributed by atoms with Crippen LogP contribution in [0.4, 0.5) is 0 Å². The summed E-state index contributed by atoms with van der Waals surface area (Å²) in [4.78, 5) is 27.3. The zero-order valence-corrected chi connectivity index (χ0v) is 16.8. The topological polar surface area (TPSA) is 93.9 Å². The van der Waals surface area contributed by atoms with Gasteiger partial charge in [-0.3, -0.25) is 9.59 Å². The Morgan fingerprint density at radius 2 is 1.89 bits per heavy atom. The van der Waals surface area contributed by atoms with Gasteiger partial charge in [0.1, 0.15) is 11.5 Å². The van der Waals surface area contributed by atoms with E-state index in [9.17, 15) is 9.59 Å². The van der Waals surface area contributed by atoms with Gasteiger partial charge in [-0.25, -0.2) is 0 Å². The molecule has 2 aliphatic rings. The zero-order chi connectivity index (χ0) is 20.1. The lowest BCUT2D eigenvalue weighted by molar-refractivity contribution is -0.126. The molecule has 3 N–H and O–H groups in total. The van der Waals surface area contributed by atoms with Crippen LogP contribution in [0.2, 0.25) is 0 Å². The molecule has 7 heteroatoms. The van der Waals surface area contributed by atoms with Crippen molar-refractivity contribution in [2.75, 3.05) is 33.9 Å². The maximum Gasteiger partial charge on any atom is 0.257 e. The number of rotatable bonds is 6. The lowest BCUT2D eigenvalue weighted by Crippen LogP contribution is -2.48. The Morgan fingerprint density at radius 3 is 2.54 bits per heavy atom. The summed E-state index contributed by atoms with van der Waals surface area (Å²) in [6.45, 7) is 1.81. The van der Waals surface area contributed by atoms with Gasteiger partial charge in [-0.15, -0.1) is 0 Å². The molecule has 0 spiro atoms. The molecule has 2 atom stereocenters. The number of carbonyl (C=O) groups excluding carboxylic acids is 2. The van der Waals surface area contributed by atoms with Crippen molar-refractivity contribution >= 4 is 11.8 Å². The number of methoxy groups -OCH3 is 2. The van der Waals surface area contributed by atoms with Crippen LogP contribution >= 0.6 is 0 Å². The monoisotopic (exact) mass is 389 g/mol. The van der Waals surface area contributed by atoms with E-state index < -0.39 is 0 Å².